The normalized spacial score (nSPS) is 44.4. The summed E-state index contributed by atoms with van der Waals surface area (Å²) in [5.74, 6) is 0.965. The van der Waals surface area contributed by atoms with Gasteiger partial charge in [0.25, 0.3) is 0 Å². The van der Waals surface area contributed by atoms with Crippen LogP contribution in [0.15, 0.2) is 0 Å². The Labute approximate surface area is 216 Å². The van der Waals surface area contributed by atoms with Crippen LogP contribution in [0.4, 0.5) is 0 Å². The first-order chi connectivity index (χ1) is 16.9. The smallest absolute Gasteiger partial charge is 0.305 e. The average Bonchev–Trinajstić information content (AvgIpc) is 3.16. The molecular formula is C29H46O7. The number of carbonyl (C=O) groups excluding carboxylic acids is 3. The molecule has 7 nitrogen and oxygen atoms in total. The van der Waals surface area contributed by atoms with E-state index in [1.54, 1.807) is 0 Å². The molecule has 4 rings (SSSR count). The number of hydrogen-bond donors (Lipinski definition) is 1. The van der Waals surface area contributed by atoms with Crippen molar-refractivity contribution in [3.8, 4) is 0 Å². The Morgan fingerprint density at radius 3 is 2.31 bits per heavy atom. The van der Waals surface area contributed by atoms with Gasteiger partial charge >= 0.3 is 17.9 Å². The highest BCUT2D eigenvalue weighted by Crippen LogP contribution is 2.68. The van der Waals surface area contributed by atoms with Crippen molar-refractivity contribution in [2.45, 2.75) is 111 Å². The standard InChI is InChI=1S/C29H46O7/c1-16(7-10-26(33)34-6)21-8-9-22-27-23(15-25(32)29(21,22)5)28(4)12-11-20(35-17(2)30)13-19(28)14-24(27)36-18(3)31/h16,19-25,27,32H,7-15H2,1-6H3/t16-,19-,20+,21-,22+,23-,24+,25-,27+,28-,29-/m0/s1. The molecule has 0 amide bonds. The number of fused-ring (bicyclic) bond motifs is 5. The number of methoxy groups -OCH3 is 1. The fourth-order valence-corrected chi connectivity index (χ4v) is 9.42. The van der Waals surface area contributed by atoms with Crippen molar-refractivity contribution in [3.63, 3.8) is 0 Å². The summed E-state index contributed by atoms with van der Waals surface area (Å²) < 4.78 is 16.5. The Morgan fingerprint density at radius 1 is 0.972 bits per heavy atom. The maximum Gasteiger partial charge on any atom is 0.305 e. The van der Waals surface area contributed by atoms with Crippen LogP contribution in [0.1, 0.15) is 92.4 Å². The summed E-state index contributed by atoms with van der Waals surface area (Å²) in [6.45, 7) is 9.78. The van der Waals surface area contributed by atoms with Crippen LogP contribution in [0.5, 0.6) is 0 Å². The molecule has 0 bridgehead atoms. The van der Waals surface area contributed by atoms with Crippen molar-refractivity contribution in [3.05, 3.63) is 0 Å². The van der Waals surface area contributed by atoms with E-state index in [0.717, 1.165) is 44.9 Å². The minimum absolute atomic E-state index is 0.0227. The van der Waals surface area contributed by atoms with Gasteiger partial charge in [0, 0.05) is 26.2 Å². The van der Waals surface area contributed by atoms with E-state index in [2.05, 4.69) is 20.8 Å². The van der Waals surface area contributed by atoms with E-state index in [1.165, 1.54) is 21.0 Å². The number of hydrogen-bond acceptors (Lipinski definition) is 7. The fraction of sp³-hybridized carbons (Fsp3) is 0.897. The van der Waals surface area contributed by atoms with Gasteiger partial charge in [0.1, 0.15) is 12.2 Å². The molecule has 7 heteroatoms. The Hall–Kier alpha value is -1.63. The van der Waals surface area contributed by atoms with Crippen molar-refractivity contribution >= 4 is 17.9 Å². The monoisotopic (exact) mass is 506 g/mol. The van der Waals surface area contributed by atoms with Crippen LogP contribution in [0.3, 0.4) is 0 Å². The topological polar surface area (TPSA) is 99.1 Å². The van der Waals surface area contributed by atoms with Crippen molar-refractivity contribution in [2.24, 2.45) is 46.3 Å². The van der Waals surface area contributed by atoms with Gasteiger partial charge in [-0.2, -0.15) is 0 Å². The minimum Gasteiger partial charge on any atom is -0.469 e. The summed E-state index contributed by atoms with van der Waals surface area (Å²) in [5, 5.41) is 11.8. The molecule has 0 aromatic rings. The summed E-state index contributed by atoms with van der Waals surface area (Å²) in [5.41, 5.74) is -0.248. The zero-order valence-corrected chi connectivity index (χ0v) is 23.0. The Kier molecular flexibility index (Phi) is 7.81. The van der Waals surface area contributed by atoms with Crippen LogP contribution in [0, 0.1) is 46.3 Å². The lowest BCUT2D eigenvalue weighted by Gasteiger charge is -2.64. The lowest BCUT2D eigenvalue weighted by molar-refractivity contribution is -0.218. The first-order valence-corrected chi connectivity index (χ1v) is 14.0. The Balaban J connectivity index is 1.62. The largest absolute Gasteiger partial charge is 0.469 e. The van der Waals surface area contributed by atoms with Gasteiger partial charge in [0.05, 0.1) is 13.2 Å². The number of esters is 3. The first kappa shape index (κ1) is 27.4. The fourth-order valence-electron chi connectivity index (χ4n) is 9.42. The van der Waals surface area contributed by atoms with E-state index in [1.807, 2.05) is 0 Å². The molecule has 0 unspecified atom stereocenters. The zero-order chi connectivity index (χ0) is 26.4. The molecule has 36 heavy (non-hydrogen) atoms. The molecule has 0 aliphatic heterocycles. The molecule has 204 valence electrons. The highest BCUT2D eigenvalue weighted by Gasteiger charge is 2.66. The first-order valence-electron chi connectivity index (χ1n) is 14.0. The van der Waals surface area contributed by atoms with Gasteiger partial charge in [-0.1, -0.05) is 20.8 Å². The van der Waals surface area contributed by atoms with Crippen molar-refractivity contribution in [2.75, 3.05) is 7.11 Å². The van der Waals surface area contributed by atoms with E-state index in [0.29, 0.717) is 24.7 Å². The maximum atomic E-state index is 12.2. The van der Waals surface area contributed by atoms with Crippen LogP contribution >= 0.6 is 0 Å². The number of ether oxygens (including phenoxy) is 3. The number of aliphatic hydroxyl groups excluding tert-OH is 1. The predicted molar refractivity (Wildman–Crippen MR) is 134 cm³/mol. The number of rotatable bonds is 6. The molecule has 4 aliphatic rings. The summed E-state index contributed by atoms with van der Waals surface area (Å²) in [6, 6.07) is 0. The quantitative estimate of drug-likeness (QED) is 0.412. The number of aliphatic hydroxyl groups is 1. The van der Waals surface area contributed by atoms with Gasteiger partial charge in [0.15, 0.2) is 0 Å². The SMILES string of the molecule is COC(=O)CC[C@H](C)[C@@H]1CC[C@@H]2[C@H]3[C@H](OC(C)=O)C[C@@H]4C[C@H](OC(C)=O)CC[C@]4(C)[C@H]3C[C@H](O)[C@]21C. The molecule has 0 aromatic carbocycles. The van der Waals surface area contributed by atoms with Gasteiger partial charge in [-0.15, -0.1) is 0 Å². The van der Waals surface area contributed by atoms with Gasteiger partial charge in [-0.25, -0.2) is 0 Å². The Morgan fingerprint density at radius 2 is 1.67 bits per heavy atom. The summed E-state index contributed by atoms with van der Waals surface area (Å²) in [4.78, 5) is 35.7. The van der Waals surface area contributed by atoms with E-state index in [9.17, 15) is 19.5 Å². The van der Waals surface area contributed by atoms with Gasteiger partial charge in [-0.3, -0.25) is 14.4 Å². The minimum atomic E-state index is -0.434. The average molecular weight is 507 g/mol. The third kappa shape index (κ3) is 4.69. The van der Waals surface area contributed by atoms with Crippen molar-refractivity contribution in [1.82, 2.24) is 0 Å². The van der Waals surface area contributed by atoms with Crippen molar-refractivity contribution < 1.29 is 33.7 Å². The predicted octanol–water partition coefficient (Wildman–Crippen LogP) is 4.68. The summed E-state index contributed by atoms with van der Waals surface area (Å²) >= 11 is 0. The summed E-state index contributed by atoms with van der Waals surface area (Å²) in [6.07, 6.45) is 6.59. The molecule has 0 spiro atoms. The van der Waals surface area contributed by atoms with Crippen LogP contribution in [-0.2, 0) is 28.6 Å². The van der Waals surface area contributed by atoms with Crippen LogP contribution in [0.25, 0.3) is 0 Å². The molecule has 4 fully saturated rings. The molecule has 0 radical (unpaired) electrons. The lowest BCUT2D eigenvalue weighted by Crippen LogP contribution is -2.63. The van der Waals surface area contributed by atoms with E-state index in [-0.39, 0.29) is 64.6 Å². The van der Waals surface area contributed by atoms with Crippen LogP contribution in [0.2, 0.25) is 0 Å². The summed E-state index contributed by atoms with van der Waals surface area (Å²) in [7, 11) is 1.43. The molecule has 0 heterocycles. The molecule has 4 saturated carbocycles. The van der Waals surface area contributed by atoms with Crippen LogP contribution in [-0.4, -0.2) is 48.4 Å². The second kappa shape index (κ2) is 10.3. The van der Waals surface area contributed by atoms with E-state index in [4.69, 9.17) is 14.2 Å². The van der Waals surface area contributed by atoms with E-state index >= 15 is 0 Å². The molecule has 11 atom stereocenters. The highest BCUT2D eigenvalue weighted by molar-refractivity contribution is 5.69. The van der Waals surface area contributed by atoms with Gasteiger partial charge in [0.2, 0.25) is 0 Å². The molecule has 1 N–H and O–H groups in total. The molecular weight excluding hydrogens is 460 g/mol. The van der Waals surface area contributed by atoms with Gasteiger partial charge in [-0.05, 0) is 91.8 Å². The lowest BCUT2D eigenvalue weighted by atomic mass is 9.43. The second-order valence-electron chi connectivity index (χ2n) is 12.8. The molecule has 0 aromatic heterocycles. The highest BCUT2D eigenvalue weighted by atomic mass is 16.5. The van der Waals surface area contributed by atoms with Gasteiger partial charge < -0.3 is 19.3 Å². The second-order valence-corrected chi connectivity index (χ2v) is 12.8. The third-order valence-electron chi connectivity index (χ3n) is 11.2. The molecule has 0 saturated heterocycles. The maximum absolute atomic E-state index is 12.2. The number of carbonyl (C=O) groups is 3. The third-order valence-corrected chi connectivity index (χ3v) is 11.2. The zero-order valence-electron chi connectivity index (χ0n) is 23.0. The Bertz CT molecular complexity index is 857. The van der Waals surface area contributed by atoms with Crippen molar-refractivity contribution in [1.29, 1.82) is 0 Å². The van der Waals surface area contributed by atoms with Crippen LogP contribution < -0.4 is 0 Å². The molecule has 4 aliphatic carbocycles. The van der Waals surface area contributed by atoms with E-state index < -0.39 is 6.10 Å².